The summed E-state index contributed by atoms with van der Waals surface area (Å²) in [5.74, 6) is 0. The highest BCUT2D eigenvalue weighted by Gasteiger charge is 2.02. The van der Waals surface area contributed by atoms with Crippen molar-refractivity contribution in [1.82, 2.24) is 19.1 Å². The first kappa shape index (κ1) is 17.6. The van der Waals surface area contributed by atoms with Gasteiger partial charge < -0.3 is 9.13 Å². The lowest BCUT2D eigenvalue weighted by Gasteiger charge is -2.05. The summed E-state index contributed by atoms with van der Waals surface area (Å²) < 4.78 is 3.93. The molecule has 0 radical (unpaired) electrons. The van der Waals surface area contributed by atoms with Gasteiger partial charge in [-0.2, -0.15) is 10.2 Å². The first-order valence-corrected chi connectivity index (χ1v) is 8.97. The van der Waals surface area contributed by atoms with E-state index in [0.717, 1.165) is 33.9 Å². The van der Waals surface area contributed by atoms with Crippen LogP contribution in [0.5, 0.6) is 0 Å². The molecule has 0 unspecified atom stereocenters. The highest BCUT2D eigenvalue weighted by molar-refractivity contribution is 6.01. The van der Waals surface area contributed by atoms with Gasteiger partial charge in [0.15, 0.2) is 0 Å². The van der Waals surface area contributed by atoms with Crippen molar-refractivity contribution < 1.29 is 0 Å². The standard InChI is InChI=1S/C22H20N6/c1-17(19-3-7-21(8-4-19)27-13-11-23-15-27)25-26-18(2)20-5-9-22(10-6-20)28-14-12-24-16-28/h3-16H,1-2H3. The predicted molar refractivity (Wildman–Crippen MR) is 112 cm³/mol. The van der Waals surface area contributed by atoms with E-state index < -0.39 is 0 Å². The zero-order chi connectivity index (χ0) is 19.3. The fourth-order valence-corrected chi connectivity index (χ4v) is 2.84. The molecule has 0 N–H and O–H groups in total. The van der Waals surface area contributed by atoms with Crippen LogP contribution in [0.15, 0.2) is 96.2 Å². The summed E-state index contributed by atoms with van der Waals surface area (Å²) in [7, 11) is 0. The Morgan fingerprint density at radius 3 is 1.36 bits per heavy atom. The second-order valence-electron chi connectivity index (χ2n) is 6.40. The summed E-state index contributed by atoms with van der Waals surface area (Å²) in [6.45, 7) is 3.93. The van der Waals surface area contributed by atoms with Gasteiger partial charge in [0.25, 0.3) is 0 Å². The summed E-state index contributed by atoms with van der Waals surface area (Å²) in [5.41, 5.74) is 5.93. The molecule has 2 aromatic heterocycles. The van der Waals surface area contributed by atoms with Gasteiger partial charge in [0.05, 0.1) is 24.1 Å². The number of imidazole rings is 2. The number of benzene rings is 2. The molecule has 2 aromatic carbocycles. The molecule has 4 aromatic rings. The molecule has 0 saturated carbocycles. The minimum absolute atomic E-state index is 0.867. The van der Waals surface area contributed by atoms with Crippen LogP contribution in [0.25, 0.3) is 11.4 Å². The maximum atomic E-state index is 4.41. The Morgan fingerprint density at radius 2 is 1.04 bits per heavy atom. The Labute approximate surface area is 163 Å². The summed E-state index contributed by atoms with van der Waals surface area (Å²) in [4.78, 5) is 8.14. The lowest BCUT2D eigenvalue weighted by molar-refractivity contribution is 1.06. The monoisotopic (exact) mass is 368 g/mol. The normalized spacial score (nSPS) is 12.4. The molecular formula is C22H20N6. The van der Waals surface area contributed by atoms with Gasteiger partial charge in [-0.3, -0.25) is 0 Å². The first-order chi connectivity index (χ1) is 13.7. The molecule has 6 nitrogen and oxygen atoms in total. The molecule has 0 bridgehead atoms. The van der Waals surface area contributed by atoms with Crippen molar-refractivity contribution in [1.29, 1.82) is 0 Å². The van der Waals surface area contributed by atoms with Crippen LogP contribution < -0.4 is 0 Å². The van der Waals surface area contributed by atoms with Gasteiger partial charge in [0, 0.05) is 36.2 Å². The highest BCUT2D eigenvalue weighted by Crippen LogP contribution is 2.12. The topological polar surface area (TPSA) is 60.4 Å². The van der Waals surface area contributed by atoms with Crippen LogP contribution in [-0.2, 0) is 0 Å². The van der Waals surface area contributed by atoms with E-state index in [2.05, 4.69) is 20.2 Å². The van der Waals surface area contributed by atoms with E-state index in [4.69, 9.17) is 0 Å². The van der Waals surface area contributed by atoms with Gasteiger partial charge in [0.2, 0.25) is 0 Å². The maximum absolute atomic E-state index is 4.41. The molecule has 0 atom stereocenters. The van der Waals surface area contributed by atoms with Crippen LogP contribution in [-0.4, -0.2) is 30.5 Å². The number of aromatic nitrogens is 4. The Morgan fingerprint density at radius 1 is 0.643 bits per heavy atom. The molecule has 4 rings (SSSR count). The molecule has 0 saturated heterocycles. The Hall–Kier alpha value is -3.80. The molecule has 0 aliphatic carbocycles. The maximum Gasteiger partial charge on any atom is 0.0991 e. The van der Waals surface area contributed by atoms with E-state index in [-0.39, 0.29) is 0 Å². The smallest absolute Gasteiger partial charge is 0.0991 e. The van der Waals surface area contributed by atoms with E-state index in [1.54, 1.807) is 25.0 Å². The van der Waals surface area contributed by atoms with Gasteiger partial charge in [-0.05, 0) is 49.2 Å². The van der Waals surface area contributed by atoms with Crippen LogP contribution in [0.4, 0.5) is 0 Å². The van der Waals surface area contributed by atoms with E-state index in [1.807, 2.05) is 83.9 Å². The third kappa shape index (κ3) is 3.81. The molecule has 2 heterocycles. The fourth-order valence-electron chi connectivity index (χ4n) is 2.84. The van der Waals surface area contributed by atoms with Crippen molar-refractivity contribution in [2.24, 2.45) is 10.2 Å². The van der Waals surface area contributed by atoms with Crippen molar-refractivity contribution in [3.8, 4) is 11.4 Å². The number of nitrogens with zero attached hydrogens (tertiary/aromatic N) is 6. The van der Waals surface area contributed by atoms with Crippen LogP contribution in [0, 0.1) is 0 Å². The zero-order valence-electron chi connectivity index (χ0n) is 15.8. The van der Waals surface area contributed by atoms with Gasteiger partial charge in [0.1, 0.15) is 0 Å². The van der Waals surface area contributed by atoms with Crippen LogP contribution in [0.2, 0.25) is 0 Å². The second kappa shape index (κ2) is 7.84. The highest BCUT2D eigenvalue weighted by atomic mass is 15.2. The van der Waals surface area contributed by atoms with Crippen molar-refractivity contribution in [2.45, 2.75) is 13.8 Å². The lowest BCUT2D eigenvalue weighted by atomic mass is 10.1. The third-order valence-electron chi connectivity index (χ3n) is 4.53. The molecule has 0 amide bonds. The Bertz CT molecular complexity index is 995. The lowest BCUT2D eigenvalue weighted by Crippen LogP contribution is -1.98. The van der Waals surface area contributed by atoms with Crippen LogP contribution in [0.3, 0.4) is 0 Å². The van der Waals surface area contributed by atoms with Crippen molar-refractivity contribution in [3.63, 3.8) is 0 Å². The molecule has 6 heteroatoms. The van der Waals surface area contributed by atoms with Gasteiger partial charge in [-0.1, -0.05) is 24.3 Å². The Kier molecular flexibility index (Phi) is 4.93. The molecule has 138 valence electrons. The van der Waals surface area contributed by atoms with Crippen molar-refractivity contribution in [2.75, 3.05) is 0 Å². The van der Waals surface area contributed by atoms with Crippen LogP contribution in [0.1, 0.15) is 25.0 Å². The molecule has 0 spiro atoms. The predicted octanol–water partition coefficient (Wildman–Crippen LogP) is 4.29. The second-order valence-corrected chi connectivity index (χ2v) is 6.40. The van der Waals surface area contributed by atoms with E-state index in [1.165, 1.54) is 0 Å². The zero-order valence-corrected chi connectivity index (χ0v) is 15.8. The minimum atomic E-state index is 0.867. The molecule has 0 aliphatic heterocycles. The third-order valence-corrected chi connectivity index (χ3v) is 4.53. The summed E-state index contributed by atoms with van der Waals surface area (Å²) >= 11 is 0. The molecule has 0 fully saturated rings. The van der Waals surface area contributed by atoms with Gasteiger partial charge in [-0.15, -0.1) is 0 Å². The molecule has 28 heavy (non-hydrogen) atoms. The summed E-state index contributed by atoms with van der Waals surface area (Å²) in [6.07, 6.45) is 10.9. The number of hydrogen-bond acceptors (Lipinski definition) is 4. The average molecular weight is 368 g/mol. The van der Waals surface area contributed by atoms with E-state index in [9.17, 15) is 0 Å². The summed E-state index contributed by atoms with van der Waals surface area (Å²) in [5, 5.41) is 8.81. The minimum Gasteiger partial charge on any atom is -0.306 e. The fraction of sp³-hybridized carbons (Fsp3) is 0.0909. The largest absolute Gasteiger partial charge is 0.306 e. The number of hydrogen-bond donors (Lipinski definition) is 0. The van der Waals surface area contributed by atoms with Crippen molar-refractivity contribution >= 4 is 11.4 Å². The van der Waals surface area contributed by atoms with Gasteiger partial charge in [-0.25, -0.2) is 9.97 Å². The van der Waals surface area contributed by atoms with E-state index >= 15 is 0 Å². The van der Waals surface area contributed by atoms with E-state index in [0.29, 0.717) is 0 Å². The molecular weight excluding hydrogens is 348 g/mol. The average Bonchev–Trinajstić information content (AvgIpc) is 3.46. The number of rotatable bonds is 5. The summed E-state index contributed by atoms with van der Waals surface area (Å²) in [6, 6.07) is 16.3. The van der Waals surface area contributed by atoms with Gasteiger partial charge >= 0.3 is 0 Å². The van der Waals surface area contributed by atoms with Crippen molar-refractivity contribution in [3.05, 3.63) is 97.1 Å². The van der Waals surface area contributed by atoms with Crippen LogP contribution >= 0.6 is 0 Å². The first-order valence-electron chi connectivity index (χ1n) is 8.97. The molecule has 0 aliphatic rings. The SMILES string of the molecule is CC(=NN=C(C)c1ccc(-n2ccnc2)cc1)c1ccc(-n2ccnc2)cc1. The Balaban J connectivity index is 1.49. The quantitative estimate of drug-likeness (QED) is 0.390.